The van der Waals surface area contributed by atoms with E-state index in [-0.39, 0.29) is 11.7 Å². The van der Waals surface area contributed by atoms with Crippen molar-refractivity contribution in [2.45, 2.75) is 18.6 Å². The van der Waals surface area contributed by atoms with Crippen LogP contribution in [-0.4, -0.2) is 31.4 Å². The molecule has 3 aromatic rings. The lowest BCUT2D eigenvalue weighted by Gasteiger charge is -2.10. The molecule has 0 aliphatic heterocycles. The quantitative estimate of drug-likeness (QED) is 0.432. The molecule has 3 rings (SSSR count). The number of aromatic nitrogens is 4. The van der Waals surface area contributed by atoms with Crippen LogP contribution in [0.3, 0.4) is 0 Å². The van der Waals surface area contributed by atoms with Crippen molar-refractivity contribution in [1.29, 1.82) is 0 Å². The van der Waals surface area contributed by atoms with Gasteiger partial charge in [-0.1, -0.05) is 45.9 Å². The first-order chi connectivity index (χ1) is 13.0. The van der Waals surface area contributed by atoms with E-state index in [4.69, 9.17) is 0 Å². The fourth-order valence-corrected chi connectivity index (χ4v) is 3.55. The molecule has 0 saturated heterocycles. The molecule has 2 heterocycles. The number of rotatable bonds is 7. The highest BCUT2D eigenvalue weighted by Gasteiger charge is 2.16. The van der Waals surface area contributed by atoms with E-state index < -0.39 is 0 Å². The van der Waals surface area contributed by atoms with Crippen LogP contribution in [-0.2, 0) is 11.3 Å². The maximum absolute atomic E-state index is 12.3. The molecule has 0 bridgehead atoms. The Labute approximate surface area is 170 Å². The number of nitrogens with zero attached hydrogens (tertiary/aromatic N) is 4. The number of hydrogen-bond acceptors (Lipinski definition) is 5. The third-order valence-electron chi connectivity index (χ3n) is 3.52. The Morgan fingerprint density at radius 2 is 2.04 bits per heavy atom. The molecule has 0 spiro atoms. The standard InChI is InChI=1S/C19H18BrN5OS/c1-13(2)11-25-18(14-6-8-21-9-7-14)23-24-19(25)27-12-17(26)22-16-5-3-4-15(20)10-16/h3-10H,1,11-12H2,2H3,(H,22,26). The Morgan fingerprint density at radius 1 is 1.26 bits per heavy atom. The lowest BCUT2D eigenvalue weighted by molar-refractivity contribution is -0.113. The van der Waals surface area contributed by atoms with E-state index in [1.807, 2.05) is 47.9 Å². The summed E-state index contributed by atoms with van der Waals surface area (Å²) in [4.78, 5) is 16.3. The van der Waals surface area contributed by atoms with Crippen LogP contribution >= 0.6 is 27.7 Å². The molecule has 6 nitrogen and oxygen atoms in total. The number of nitrogens with one attached hydrogen (secondary N) is 1. The molecule has 0 saturated carbocycles. The Balaban J connectivity index is 1.73. The molecule has 138 valence electrons. The number of anilines is 1. The second-order valence-corrected chi connectivity index (χ2v) is 7.79. The van der Waals surface area contributed by atoms with Gasteiger partial charge in [0.25, 0.3) is 0 Å². The van der Waals surface area contributed by atoms with Crippen LogP contribution in [0.5, 0.6) is 0 Å². The van der Waals surface area contributed by atoms with E-state index in [9.17, 15) is 4.79 Å². The molecule has 0 aliphatic rings. The largest absolute Gasteiger partial charge is 0.325 e. The number of carbonyl (C=O) groups is 1. The summed E-state index contributed by atoms with van der Waals surface area (Å²) in [5, 5.41) is 12.1. The third kappa shape index (κ3) is 5.27. The van der Waals surface area contributed by atoms with Gasteiger partial charge in [-0.05, 0) is 37.3 Å². The topological polar surface area (TPSA) is 72.7 Å². The van der Waals surface area contributed by atoms with Crippen molar-refractivity contribution in [1.82, 2.24) is 19.7 Å². The molecule has 0 fully saturated rings. The van der Waals surface area contributed by atoms with Crippen LogP contribution < -0.4 is 5.32 Å². The maximum atomic E-state index is 12.3. The highest BCUT2D eigenvalue weighted by molar-refractivity contribution is 9.10. The zero-order valence-corrected chi connectivity index (χ0v) is 17.1. The van der Waals surface area contributed by atoms with Crippen molar-refractivity contribution in [3.8, 4) is 11.4 Å². The Kier molecular flexibility index (Phi) is 6.41. The SMILES string of the molecule is C=C(C)Cn1c(SCC(=O)Nc2cccc(Br)c2)nnc1-c1ccncc1. The molecule has 2 aromatic heterocycles. The fraction of sp³-hybridized carbons (Fsp3) is 0.158. The second kappa shape index (κ2) is 8.96. The Hall–Kier alpha value is -2.45. The Bertz CT molecular complexity index is 958. The first-order valence-electron chi connectivity index (χ1n) is 8.19. The van der Waals surface area contributed by atoms with Crippen LogP contribution in [0.15, 0.2) is 70.6 Å². The van der Waals surface area contributed by atoms with E-state index in [1.165, 1.54) is 11.8 Å². The van der Waals surface area contributed by atoms with Gasteiger partial charge in [-0.15, -0.1) is 10.2 Å². The van der Waals surface area contributed by atoms with E-state index >= 15 is 0 Å². The highest BCUT2D eigenvalue weighted by Crippen LogP contribution is 2.25. The van der Waals surface area contributed by atoms with Crippen LogP contribution in [0.4, 0.5) is 5.69 Å². The van der Waals surface area contributed by atoms with Crippen LogP contribution in [0.25, 0.3) is 11.4 Å². The predicted molar refractivity (Wildman–Crippen MR) is 112 cm³/mol. The van der Waals surface area contributed by atoms with Crippen molar-refractivity contribution in [3.05, 3.63) is 65.4 Å². The lowest BCUT2D eigenvalue weighted by atomic mass is 10.2. The first kappa shape index (κ1) is 19.3. The summed E-state index contributed by atoms with van der Waals surface area (Å²) in [5.41, 5.74) is 2.64. The van der Waals surface area contributed by atoms with Crippen LogP contribution in [0, 0.1) is 0 Å². The number of carbonyl (C=O) groups excluding carboxylic acids is 1. The summed E-state index contributed by atoms with van der Waals surface area (Å²) < 4.78 is 2.88. The second-order valence-electron chi connectivity index (χ2n) is 5.93. The number of pyridine rings is 1. The maximum Gasteiger partial charge on any atom is 0.234 e. The summed E-state index contributed by atoms with van der Waals surface area (Å²) in [5.74, 6) is 0.862. The molecule has 0 unspecified atom stereocenters. The number of thioether (sulfide) groups is 1. The van der Waals surface area contributed by atoms with Gasteiger partial charge in [0, 0.05) is 34.7 Å². The molecule has 27 heavy (non-hydrogen) atoms. The number of amides is 1. The molecular weight excluding hydrogens is 426 g/mol. The summed E-state index contributed by atoms with van der Waals surface area (Å²) >= 11 is 4.74. The van der Waals surface area contributed by atoms with Crippen LogP contribution in [0.1, 0.15) is 6.92 Å². The van der Waals surface area contributed by atoms with E-state index in [1.54, 1.807) is 12.4 Å². The number of benzene rings is 1. The van der Waals surface area contributed by atoms with Crippen molar-refractivity contribution in [3.63, 3.8) is 0 Å². The van der Waals surface area contributed by atoms with E-state index in [2.05, 4.69) is 43.0 Å². The smallest absolute Gasteiger partial charge is 0.234 e. The average Bonchev–Trinajstić information content (AvgIpc) is 3.02. The minimum atomic E-state index is -0.103. The zero-order valence-electron chi connectivity index (χ0n) is 14.7. The van der Waals surface area contributed by atoms with E-state index in [0.717, 1.165) is 27.1 Å². The van der Waals surface area contributed by atoms with Crippen molar-refractivity contribution < 1.29 is 4.79 Å². The third-order valence-corrected chi connectivity index (χ3v) is 4.98. The molecule has 0 atom stereocenters. The van der Waals surface area contributed by atoms with E-state index in [0.29, 0.717) is 11.7 Å². The fourth-order valence-electron chi connectivity index (χ4n) is 2.42. The first-order valence-corrected chi connectivity index (χ1v) is 9.97. The van der Waals surface area contributed by atoms with Gasteiger partial charge in [-0.25, -0.2) is 0 Å². The van der Waals surface area contributed by atoms with Crippen LogP contribution in [0.2, 0.25) is 0 Å². The van der Waals surface area contributed by atoms with Gasteiger partial charge in [0.1, 0.15) is 0 Å². The molecule has 8 heteroatoms. The normalized spacial score (nSPS) is 10.6. The summed E-state index contributed by atoms with van der Waals surface area (Å²) in [6.07, 6.45) is 3.43. The Morgan fingerprint density at radius 3 is 2.74 bits per heavy atom. The van der Waals surface area contributed by atoms with Crippen molar-refractivity contribution >= 4 is 39.3 Å². The van der Waals surface area contributed by atoms with Gasteiger partial charge < -0.3 is 5.32 Å². The lowest BCUT2D eigenvalue weighted by Crippen LogP contribution is -2.14. The molecular formula is C19H18BrN5OS. The van der Waals surface area contributed by atoms with Gasteiger partial charge >= 0.3 is 0 Å². The molecule has 0 aliphatic carbocycles. The number of hydrogen-bond donors (Lipinski definition) is 1. The van der Waals surface area contributed by atoms with Gasteiger partial charge in [-0.2, -0.15) is 0 Å². The molecule has 1 N–H and O–H groups in total. The summed E-state index contributed by atoms with van der Waals surface area (Å²) in [7, 11) is 0. The molecule has 1 amide bonds. The summed E-state index contributed by atoms with van der Waals surface area (Å²) in [6, 6.07) is 11.2. The number of halogens is 1. The monoisotopic (exact) mass is 443 g/mol. The van der Waals surface area contributed by atoms with Gasteiger partial charge in [0.15, 0.2) is 11.0 Å². The predicted octanol–water partition coefficient (Wildman–Crippen LogP) is 4.41. The average molecular weight is 444 g/mol. The molecule has 1 aromatic carbocycles. The van der Waals surface area contributed by atoms with Gasteiger partial charge in [0.05, 0.1) is 5.75 Å². The van der Waals surface area contributed by atoms with Crippen molar-refractivity contribution in [2.75, 3.05) is 11.1 Å². The highest BCUT2D eigenvalue weighted by atomic mass is 79.9. The van der Waals surface area contributed by atoms with Gasteiger partial charge in [0.2, 0.25) is 5.91 Å². The van der Waals surface area contributed by atoms with Gasteiger partial charge in [-0.3, -0.25) is 14.3 Å². The minimum Gasteiger partial charge on any atom is -0.325 e. The summed E-state index contributed by atoms with van der Waals surface area (Å²) in [6.45, 7) is 6.52. The zero-order chi connectivity index (χ0) is 19.2. The molecule has 0 radical (unpaired) electrons. The number of allylic oxidation sites excluding steroid dienone is 1. The van der Waals surface area contributed by atoms with Crippen molar-refractivity contribution in [2.24, 2.45) is 0 Å². The minimum absolute atomic E-state index is 0.103.